The molecule has 1 fully saturated rings. The summed E-state index contributed by atoms with van der Waals surface area (Å²) in [6, 6.07) is 11.4. The van der Waals surface area contributed by atoms with Gasteiger partial charge in [0.25, 0.3) is 0 Å². The third-order valence-corrected chi connectivity index (χ3v) is 4.72. The molecule has 1 amide bonds. The lowest BCUT2D eigenvalue weighted by molar-refractivity contribution is -0.117. The molecular formula is C19H15ClFN3O2. The van der Waals surface area contributed by atoms with Gasteiger partial charge in [0.1, 0.15) is 5.82 Å². The van der Waals surface area contributed by atoms with Crippen LogP contribution in [-0.2, 0) is 4.79 Å². The first-order valence-corrected chi connectivity index (χ1v) is 8.55. The molecule has 1 aliphatic heterocycles. The van der Waals surface area contributed by atoms with Crippen molar-refractivity contribution in [1.82, 2.24) is 10.1 Å². The first kappa shape index (κ1) is 16.7. The highest BCUT2D eigenvalue weighted by Crippen LogP contribution is 2.35. The van der Waals surface area contributed by atoms with Gasteiger partial charge in [-0.05, 0) is 48.9 Å². The number of carbonyl (C=O) groups excluding carboxylic acids is 1. The van der Waals surface area contributed by atoms with Gasteiger partial charge < -0.3 is 9.42 Å². The summed E-state index contributed by atoms with van der Waals surface area (Å²) in [6.45, 7) is 2.37. The van der Waals surface area contributed by atoms with E-state index in [-0.39, 0.29) is 24.1 Å². The fourth-order valence-electron chi connectivity index (χ4n) is 3.05. The summed E-state index contributed by atoms with van der Waals surface area (Å²) in [5, 5.41) is 4.49. The van der Waals surface area contributed by atoms with Crippen molar-refractivity contribution >= 4 is 23.2 Å². The number of hydrogen-bond acceptors (Lipinski definition) is 4. The number of rotatable bonds is 3. The molecule has 0 radical (unpaired) electrons. The molecule has 26 heavy (non-hydrogen) atoms. The normalized spacial score (nSPS) is 17.1. The van der Waals surface area contributed by atoms with Crippen molar-refractivity contribution in [3.8, 4) is 11.4 Å². The largest absolute Gasteiger partial charge is 0.339 e. The summed E-state index contributed by atoms with van der Waals surface area (Å²) in [4.78, 5) is 18.5. The van der Waals surface area contributed by atoms with E-state index >= 15 is 0 Å². The zero-order valence-corrected chi connectivity index (χ0v) is 14.7. The second-order valence-electron chi connectivity index (χ2n) is 6.32. The minimum Gasteiger partial charge on any atom is -0.339 e. The highest BCUT2D eigenvalue weighted by Gasteiger charge is 2.36. The van der Waals surface area contributed by atoms with E-state index < -0.39 is 0 Å². The van der Waals surface area contributed by atoms with Crippen molar-refractivity contribution < 1.29 is 13.7 Å². The van der Waals surface area contributed by atoms with Crippen LogP contribution in [0, 0.1) is 12.7 Å². The molecule has 1 saturated heterocycles. The summed E-state index contributed by atoms with van der Waals surface area (Å²) in [5.41, 5.74) is 2.37. The third kappa shape index (κ3) is 3.08. The SMILES string of the molecule is Cc1ccc(N2CC(c3nc(-c4ccc(F)cc4)no3)CC2=O)c(Cl)c1. The minimum absolute atomic E-state index is 0.0396. The fraction of sp³-hybridized carbons (Fsp3) is 0.211. The highest BCUT2D eigenvalue weighted by molar-refractivity contribution is 6.34. The van der Waals surface area contributed by atoms with Crippen LogP contribution in [0.25, 0.3) is 11.4 Å². The molecule has 7 heteroatoms. The lowest BCUT2D eigenvalue weighted by atomic mass is 10.1. The van der Waals surface area contributed by atoms with Crippen molar-refractivity contribution in [2.45, 2.75) is 19.3 Å². The standard InChI is InChI=1S/C19H15ClFN3O2/c1-11-2-7-16(15(20)8-11)24-10-13(9-17(24)25)19-22-18(23-26-19)12-3-5-14(21)6-4-12/h2-8,13H,9-10H2,1H3. The second-order valence-corrected chi connectivity index (χ2v) is 6.73. The van der Waals surface area contributed by atoms with Crippen LogP contribution in [0.15, 0.2) is 47.0 Å². The predicted molar refractivity (Wildman–Crippen MR) is 95.6 cm³/mol. The summed E-state index contributed by atoms with van der Waals surface area (Å²) in [6.07, 6.45) is 0.273. The van der Waals surface area contributed by atoms with Crippen LogP contribution in [-0.4, -0.2) is 22.6 Å². The van der Waals surface area contributed by atoms with Crippen LogP contribution < -0.4 is 4.90 Å². The summed E-state index contributed by atoms with van der Waals surface area (Å²) in [7, 11) is 0. The average molecular weight is 372 g/mol. The molecule has 0 aliphatic carbocycles. The first-order valence-electron chi connectivity index (χ1n) is 8.17. The van der Waals surface area contributed by atoms with Crippen molar-refractivity contribution in [2.75, 3.05) is 11.4 Å². The Bertz CT molecular complexity index is 971. The second kappa shape index (κ2) is 6.53. The molecule has 2 heterocycles. The molecular weight excluding hydrogens is 357 g/mol. The van der Waals surface area contributed by atoms with E-state index in [1.807, 2.05) is 25.1 Å². The Balaban J connectivity index is 1.56. The van der Waals surface area contributed by atoms with Crippen LogP contribution in [0.4, 0.5) is 10.1 Å². The van der Waals surface area contributed by atoms with E-state index in [9.17, 15) is 9.18 Å². The van der Waals surface area contributed by atoms with Crippen LogP contribution >= 0.6 is 11.6 Å². The zero-order chi connectivity index (χ0) is 18.3. The molecule has 1 aliphatic rings. The van der Waals surface area contributed by atoms with Crippen molar-refractivity contribution in [2.24, 2.45) is 0 Å². The van der Waals surface area contributed by atoms with E-state index in [2.05, 4.69) is 10.1 Å². The molecule has 2 aromatic carbocycles. The molecule has 0 spiro atoms. The Morgan fingerprint density at radius 1 is 1.23 bits per heavy atom. The van der Waals surface area contributed by atoms with Crippen molar-refractivity contribution in [1.29, 1.82) is 0 Å². The molecule has 5 nitrogen and oxygen atoms in total. The van der Waals surface area contributed by atoms with E-state index in [1.54, 1.807) is 17.0 Å². The quantitative estimate of drug-likeness (QED) is 0.686. The molecule has 0 saturated carbocycles. The predicted octanol–water partition coefficient (Wildman–Crippen LogP) is 4.36. The van der Waals surface area contributed by atoms with Crippen LogP contribution in [0.3, 0.4) is 0 Å². The summed E-state index contributed by atoms with van der Waals surface area (Å²) >= 11 is 6.29. The van der Waals surface area contributed by atoms with Gasteiger partial charge in [0, 0.05) is 18.5 Å². The maximum absolute atomic E-state index is 13.0. The van der Waals surface area contributed by atoms with Gasteiger partial charge >= 0.3 is 0 Å². The summed E-state index contributed by atoms with van der Waals surface area (Å²) < 4.78 is 18.4. The minimum atomic E-state index is -0.329. The highest BCUT2D eigenvalue weighted by atomic mass is 35.5. The molecule has 1 unspecified atom stereocenters. The van der Waals surface area contributed by atoms with E-state index in [4.69, 9.17) is 16.1 Å². The lowest BCUT2D eigenvalue weighted by Crippen LogP contribution is -2.24. The third-order valence-electron chi connectivity index (χ3n) is 4.41. The lowest BCUT2D eigenvalue weighted by Gasteiger charge is -2.18. The topological polar surface area (TPSA) is 59.2 Å². The molecule has 0 N–H and O–H groups in total. The van der Waals surface area contributed by atoms with Crippen molar-refractivity contribution in [3.63, 3.8) is 0 Å². The van der Waals surface area contributed by atoms with E-state index in [1.165, 1.54) is 12.1 Å². The number of carbonyl (C=O) groups is 1. The summed E-state index contributed by atoms with van der Waals surface area (Å²) in [5.74, 6) is 0.191. The van der Waals surface area contributed by atoms with Crippen LogP contribution in [0.1, 0.15) is 23.8 Å². The number of aromatic nitrogens is 2. The Labute approximate surface area is 154 Å². The molecule has 1 aromatic heterocycles. The van der Waals surface area contributed by atoms with E-state index in [0.717, 1.165) is 5.56 Å². The molecule has 1 atom stereocenters. The van der Waals surface area contributed by atoms with Gasteiger partial charge in [0.15, 0.2) is 0 Å². The molecule has 0 bridgehead atoms. The monoisotopic (exact) mass is 371 g/mol. The number of amides is 1. The number of halogens is 2. The Kier molecular flexibility index (Phi) is 4.20. The average Bonchev–Trinajstić information content (AvgIpc) is 3.23. The molecule has 132 valence electrons. The zero-order valence-electron chi connectivity index (χ0n) is 13.9. The number of hydrogen-bond donors (Lipinski definition) is 0. The van der Waals surface area contributed by atoms with E-state index in [0.29, 0.717) is 34.5 Å². The first-order chi connectivity index (χ1) is 12.5. The number of nitrogens with zero attached hydrogens (tertiary/aromatic N) is 3. The van der Waals surface area contributed by atoms with Gasteiger partial charge in [-0.3, -0.25) is 4.79 Å². The van der Waals surface area contributed by atoms with Gasteiger partial charge in [-0.25, -0.2) is 4.39 Å². The van der Waals surface area contributed by atoms with Gasteiger partial charge in [-0.1, -0.05) is 22.8 Å². The van der Waals surface area contributed by atoms with Gasteiger partial charge in [0.05, 0.1) is 16.6 Å². The number of benzene rings is 2. The number of aryl methyl sites for hydroxylation is 1. The van der Waals surface area contributed by atoms with Gasteiger partial charge in [-0.15, -0.1) is 0 Å². The van der Waals surface area contributed by atoms with Crippen molar-refractivity contribution in [3.05, 3.63) is 64.8 Å². The Hall–Kier alpha value is -2.73. The maximum atomic E-state index is 13.0. The van der Waals surface area contributed by atoms with Gasteiger partial charge in [-0.2, -0.15) is 4.98 Å². The molecule has 3 aromatic rings. The Morgan fingerprint density at radius 3 is 2.73 bits per heavy atom. The Morgan fingerprint density at radius 2 is 2.00 bits per heavy atom. The smallest absolute Gasteiger partial charge is 0.232 e. The molecule has 4 rings (SSSR count). The number of anilines is 1. The van der Waals surface area contributed by atoms with Crippen LogP contribution in [0.2, 0.25) is 5.02 Å². The van der Waals surface area contributed by atoms with Gasteiger partial charge in [0.2, 0.25) is 17.6 Å². The van der Waals surface area contributed by atoms with Crippen LogP contribution in [0.5, 0.6) is 0 Å². The maximum Gasteiger partial charge on any atom is 0.232 e. The fourth-order valence-corrected chi connectivity index (χ4v) is 3.39.